The van der Waals surface area contributed by atoms with Crippen molar-refractivity contribution in [1.82, 2.24) is 0 Å². The van der Waals surface area contributed by atoms with Crippen LogP contribution in [0.2, 0.25) is 5.02 Å². The van der Waals surface area contributed by atoms with Gasteiger partial charge >= 0.3 is 0 Å². The Morgan fingerprint density at radius 3 is 2.56 bits per heavy atom. The van der Waals surface area contributed by atoms with Crippen molar-refractivity contribution >= 4 is 56.6 Å². The molecule has 18 heavy (non-hydrogen) atoms. The molecule has 2 aromatic rings. The van der Waals surface area contributed by atoms with E-state index in [-0.39, 0.29) is 5.03 Å². The number of hydrogen-bond donors (Lipinski definition) is 0. The molecule has 1 aliphatic rings. The van der Waals surface area contributed by atoms with E-state index in [2.05, 4.69) is 0 Å². The molecule has 0 aromatic heterocycles. The first-order valence-electron chi connectivity index (χ1n) is 5.26. The second kappa shape index (κ2) is 3.94. The fraction of sp³-hybridized carbons (Fsp3) is 0. The van der Waals surface area contributed by atoms with Gasteiger partial charge in [0.2, 0.25) is 11.6 Å². The molecule has 0 amide bonds. The van der Waals surface area contributed by atoms with Crippen LogP contribution >= 0.6 is 23.2 Å². The third-order valence-corrected chi connectivity index (χ3v) is 3.65. The van der Waals surface area contributed by atoms with Gasteiger partial charge in [-0.25, -0.2) is 0 Å². The van der Waals surface area contributed by atoms with Gasteiger partial charge in [-0.3, -0.25) is 9.59 Å². The molecule has 0 unspecified atom stereocenters. The van der Waals surface area contributed by atoms with Crippen LogP contribution in [0.3, 0.4) is 0 Å². The predicted molar refractivity (Wildman–Crippen MR) is 71.9 cm³/mol. The summed E-state index contributed by atoms with van der Waals surface area (Å²) in [7, 11) is 0. The second-order valence-corrected chi connectivity index (χ2v) is 4.84. The maximum atomic E-state index is 11.5. The lowest BCUT2D eigenvalue weighted by molar-refractivity contribution is -0.129. The number of rotatable bonds is 0. The van der Waals surface area contributed by atoms with E-state index in [1.54, 1.807) is 12.1 Å². The number of hydrogen-bond acceptors (Lipinski definition) is 2. The van der Waals surface area contributed by atoms with E-state index in [0.29, 0.717) is 15.5 Å². The van der Waals surface area contributed by atoms with Gasteiger partial charge in [0.25, 0.3) is 0 Å². The monoisotopic (exact) mass is 276 g/mol. The summed E-state index contributed by atoms with van der Waals surface area (Å²) < 4.78 is 0. The Morgan fingerprint density at radius 1 is 1.00 bits per heavy atom. The third-order valence-electron chi connectivity index (χ3n) is 2.94. The Morgan fingerprint density at radius 2 is 1.78 bits per heavy atom. The van der Waals surface area contributed by atoms with E-state index in [1.807, 2.05) is 18.2 Å². The predicted octanol–water partition coefficient (Wildman–Crippen LogP) is 1.77. The van der Waals surface area contributed by atoms with E-state index in [1.165, 1.54) is 6.08 Å². The topological polar surface area (TPSA) is 34.1 Å². The van der Waals surface area contributed by atoms with Crippen molar-refractivity contribution in [3.8, 4) is 0 Å². The van der Waals surface area contributed by atoms with Gasteiger partial charge in [0.1, 0.15) is 0 Å². The number of fused-ring (bicyclic) bond motifs is 2. The first kappa shape index (κ1) is 11.5. The number of Topliss-reactive ketones (excluding diaryl/α,β-unsaturated/α-hetero) is 2. The number of ketones is 2. The van der Waals surface area contributed by atoms with Crippen LogP contribution < -0.4 is 10.4 Å². The highest BCUT2D eigenvalue weighted by Gasteiger charge is 2.20. The van der Waals surface area contributed by atoms with Gasteiger partial charge < -0.3 is 0 Å². The van der Waals surface area contributed by atoms with Crippen molar-refractivity contribution < 1.29 is 9.59 Å². The van der Waals surface area contributed by atoms with Crippen molar-refractivity contribution in [1.29, 1.82) is 0 Å². The van der Waals surface area contributed by atoms with Crippen molar-refractivity contribution in [2.24, 2.45) is 0 Å². The molecule has 0 atom stereocenters. The van der Waals surface area contributed by atoms with Gasteiger partial charge in [-0.2, -0.15) is 0 Å². The molecule has 0 fully saturated rings. The summed E-state index contributed by atoms with van der Waals surface area (Å²) >= 11 is 12.0. The molecule has 3 rings (SSSR count). The van der Waals surface area contributed by atoms with Crippen LogP contribution in [-0.4, -0.2) is 11.6 Å². The largest absolute Gasteiger partial charge is 0.285 e. The zero-order valence-corrected chi connectivity index (χ0v) is 10.5. The van der Waals surface area contributed by atoms with Gasteiger partial charge in [-0.1, -0.05) is 35.3 Å². The summed E-state index contributed by atoms with van der Waals surface area (Å²) in [5.41, 5.74) is 0. The molecular formula is C14H6Cl2O2. The molecular weight excluding hydrogens is 271 g/mol. The quantitative estimate of drug-likeness (QED) is 0.688. The number of benzene rings is 2. The summed E-state index contributed by atoms with van der Waals surface area (Å²) in [5.74, 6) is -1.26. The smallest absolute Gasteiger partial charge is 0.244 e. The zero-order chi connectivity index (χ0) is 12.9. The molecule has 0 heterocycles. The molecule has 4 heteroatoms. The Kier molecular flexibility index (Phi) is 2.51. The molecule has 0 N–H and O–H groups in total. The van der Waals surface area contributed by atoms with Crippen molar-refractivity contribution in [2.45, 2.75) is 0 Å². The zero-order valence-electron chi connectivity index (χ0n) is 9.04. The van der Waals surface area contributed by atoms with Crippen molar-refractivity contribution in [3.05, 3.63) is 45.8 Å². The maximum absolute atomic E-state index is 11.5. The molecule has 2 nitrogen and oxygen atoms in total. The number of halogens is 2. The highest BCUT2D eigenvalue weighted by atomic mass is 35.5. The fourth-order valence-corrected chi connectivity index (χ4v) is 2.54. The SMILES string of the molecule is O=C1C=c2cc3cccc(Cl)c3cc2=C(Cl)C1=O. The Balaban J connectivity index is 2.57. The first-order chi connectivity index (χ1) is 8.58. The molecule has 2 aromatic carbocycles. The fourth-order valence-electron chi connectivity index (χ4n) is 2.05. The first-order valence-corrected chi connectivity index (χ1v) is 6.02. The lowest BCUT2D eigenvalue weighted by Gasteiger charge is -2.06. The second-order valence-electron chi connectivity index (χ2n) is 4.05. The van der Waals surface area contributed by atoms with E-state index >= 15 is 0 Å². The number of carbonyl (C=O) groups is 2. The minimum atomic E-state index is -0.671. The van der Waals surface area contributed by atoms with Crippen LogP contribution in [0.5, 0.6) is 0 Å². The summed E-state index contributed by atoms with van der Waals surface area (Å²) in [6, 6.07) is 9.05. The normalized spacial score (nSPS) is 14.7. The molecule has 0 saturated carbocycles. The van der Waals surface area contributed by atoms with Crippen LogP contribution in [0.25, 0.3) is 21.9 Å². The van der Waals surface area contributed by atoms with Crippen molar-refractivity contribution in [3.63, 3.8) is 0 Å². The average Bonchev–Trinajstić information content (AvgIpc) is 2.35. The molecule has 0 bridgehead atoms. The number of carbonyl (C=O) groups excluding carboxylic acids is 2. The van der Waals surface area contributed by atoms with Gasteiger partial charge in [0.05, 0.1) is 5.03 Å². The van der Waals surface area contributed by atoms with E-state index < -0.39 is 11.6 Å². The van der Waals surface area contributed by atoms with Gasteiger partial charge in [0, 0.05) is 15.6 Å². The highest BCUT2D eigenvalue weighted by Crippen LogP contribution is 2.21. The standard InChI is InChI=1S/C14H6Cl2O2/c15-11-3-1-2-7-4-8-5-12(17)14(18)13(16)10(8)6-9(7)11/h1-6H. The lowest BCUT2D eigenvalue weighted by Crippen LogP contribution is -2.35. The minimum Gasteiger partial charge on any atom is -0.285 e. The third kappa shape index (κ3) is 1.57. The molecule has 0 spiro atoms. The van der Waals surface area contributed by atoms with Gasteiger partial charge in [-0.05, 0) is 34.9 Å². The van der Waals surface area contributed by atoms with Gasteiger partial charge in [-0.15, -0.1) is 0 Å². The van der Waals surface area contributed by atoms with Gasteiger partial charge in [0.15, 0.2) is 0 Å². The summed E-state index contributed by atoms with van der Waals surface area (Å²) in [6.45, 7) is 0. The highest BCUT2D eigenvalue weighted by molar-refractivity contribution is 6.76. The summed E-state index contributed by atoms with van der Waals surface area (Å²) in [6.07, 6.45) is 1.31. The van der Waals surface area contributed by atoms with E-state index in [4.69, 9.17) is 23.2 Å². The average molecular weight is 277 g/mol. The summed E-state index contributed by atoms with van der Waals surface area (Å²) in [4.78, 5) is 23.0. The Hall–Kier alpha value is -1.64. The molecule has 88 valence electrons. The van der Waals surface area contributed by atoms with Crippen molar-refractivity contribution in [2.75, 3.05) is 0 Å². The van der Waals surface area contributed by atoms with Crippen LogP contribution in [-0.2, 0) is 9.59 Å². The van der Waals surface area contributed by atoms with Crippen LogP contribution in [0.15, 0.2) is 30.3 Å². The minimum absolute atomic E-state index is 0.0423. The van der Waals surface area contributed by atoms with Crippen LogP contribution in [0.1, 0.15) is 0 Å². The van der Waals surface area contributed by atoms with E-state index in [0.717, 1.165) is 10.8 Å². The van der Waals surface area contributed by atoms with Crippen LogP contribution in [0.4, 0.5) is 0 Å². The van der Waals surface area contributed by atoms with E-state index in [9.17, 15) is 9.59 Å². The molecule has 0 saturated heterocycles. The Labute approximate surface area is 112 Å². The van der Waals surface area contributed by atoms with Crippen LogP contribution in [0, 0.1) is 0 Å². The summed E-state index contributed by atoms with van der Waals surface area (Å²) in [5, 5.41) is 3.47. The molecule has 1 aliphatic carbocycles. The molecule has 0 aliphatic heterocycles. The maximum Gasteiger partial charge on any atom is 0.244 e. The lowest BCUT2D eigenvalue weighted by atomic mass is 10.0. The Bertz CT molecular complexity index is 835. The molecule has 0 radical (unpaired) electrons.